The molecule has 0 amide bonds. The average Bonchev–Trinajstić information content (AvgIpc) is 2.02. The van der Waals surface area contributed by atoms with Crippen LogP contribution in [0.2, 0.25) is 0 Å². The molecule has 0 bridgehead atoms. The minimum Gasteiger partial charge on any atom is -0.377 e. The Labute approximate surface area is 74.6 Å². The summed E-state index contributed by atoms with van der Waals surface area (Å²) in [4.78, 5) is 10.0. The minimum absolute atomic E-state index is 0.157. The van der Waals surface area contributed by atoms with E-state index in [0.717, 1.165) is 12.7 Å². The van der Waals surface area contributed by atoms with Crippen molar-refractivity contribution in [3.63, 3.8) is 0 Å². The van der Waals surface area contributed by atoms with Gasteiger partial charge in [0.25, 0.3) is 0 Å². The molecule has 0 aromatic heterocycles. The van der Waals surface area contributed by atoms with Crippen LogP contribution in [-0.2, 0) is 9.53 Å². The van der Waals surface area contributed by atoms with Gasteiger partial charge in [-0.2, -0.15) is 0 Å². The van der Waals surface area contributed by atoms with E-state index in [-0.39, 0.29) is 6.10 Å². The summed E-state index contributed by atoms with van der Waals surface area (Å²) in [5.41, 5.74) is 0. The Hall–Kier alpha value is -0.630. The summed E-state index contributed by atoms with van der Waals surface area (Å²) < 4.78 is 5.20. The molecule has 2 nitrogen and oxygen atoms in total. The van der Waals surface area contributed by atoms with Gasteiger partial charge in [0.2, 0.25) is 0 Å². The second kappa shape index (κ2) is 7.04. The van der Waals surface area contributed by atoms with Crippen molar-refractivity contribution in [3.05, 3.63) is 12.2 Å². The third-order valence-corrected chi connectivity index (χ3v) is 1.59. The zero-order valence-corrected chi connectivity index (χ0v) is 8.12. The van der Waals surface area contributed by atoms with Gasteiger partial charge in [-0.25, -0.2) is 0 Å². The Morgan fingerprint density at radius 1 is 1.42 bits per heavy atom. The molecule has 0 saturated carbocycles. The first-order valence-corrected chi connectivity index (χ1v) is 4.33. The van der Waals surface area contributed by atoms with Crippen molar-refractivity contribution in [2.75, 3.05) is 7.11 Å². The summed E-state index contributed by atoms with van der Waals surface area (Å²) in [6, 6.07) is 0. The Morgan fingerprint density at radius 2 is 2.08 bits per heavy atom. The fourth-order valence-electron chi connectivity index (χ4n) is 1.00. The van der Waals surface area contributed by atoms with E-state index >= 15 is 0 Å². The highest BCUT2D eigenvalue weighted by Crippen LogP contribution is 2.08. The number of hydrogen-bond acceptors (Lipinski definition) is 2. The molecule has 70 valence electrons. The van der Waals surface area contributed by atoms with Crippen LogP contribution in [0.4, 0.5) is 0 Å². The number of carbonyl (C=O) groups is 1. The lowest BCUT2D eigenvalue weighted by molar-refractivity contribution is -0.107. The van der Waals surface area contributed by atoms with Crippen LogP contribution in [0, 0.1) is 5.92 Å². The first kappa shape index (κ1) is 11.4. The second-order valence-electron chi connectivity index (χ2n) is 3.23. The van der Waals surface area contributed by atoms with E-state index in [2.05, 4.69) is 13.8 Å². The number of allylic oxidation sites excluding steroid dienone is 1. The highest BCUT2D eigenvalue weighted by atomic mass is 16.5. The smallest absolute Gasteiger partial charge is 0.123 e. The molecular weight excluding hydrogens is 152 g/mol. The van der Waals surface area contributed by atoms with Crippen molar-refractivity contribution in [2.45, 2.75) is 32.8 Å². The lowest BCUT2D eigenvalue weighted by Gasteiger charge is -2.12. The Kier molecular flexibility index (Phi) is 6.67. The van der Waals surface area contributed by atoms with Crippen LogP contribution in [0.1, 0.15) is 26.7 Å². The summed E-state index contributed by atoms with van der Waals surface area (Å²) in [7, 11) is 1.69. The van der Waals surface area contributed by atoms with Crippen molar-refractivity contribution < 1.29 is 9.53 Å². The van der Waals surface area contributed by atoms with Crippen molar-refractivity contribution in [3.8, 4) is 0 Å². The van der Waals surface area contributed by atoms with Crippen LogP contribution in [-0.4, -0.2) is 19.5 Å². The van der Waals surface area contributed by atoms with Crippen LogP contribution < -0.4 is 0 Å². The SMILES string of the molecule is COC(C=CCC=O)CC(C)C. The van der Waals surface area contributed by atoms with E-state index in [4.69, 9.17) is 4.74 Å². The van der Waals surface area contributed by atoms with Gasteiger partial charge in [-0.1, -0.05) is 26.0 Å². The molecular formula is C10H18O2. The first-order chi connectivity index (χ1) is 5.70. The van der Waals surface area contributed by atoms with Crippen LogP contribution in [0.3, 0.4) is 0 Å². The third kappa shape index (κ3) is 6.10. The summed E-state index contributed by atoms with van der Waals surface area (Å²) in [6.07, 6.45) is 6.34. The van der Waals surface area contributed by atoms with Gasteiger partial charge < -0.3 is 9.53 Å². The lowest BCUT2D eigenvalue weighted by atomic mass is 10.1. The number of hydrogen-bond donors (Lipinski definition) is 0. The van der Waals surface area contributed by atoms with Gasteiger partial charge in [-0.15, -0.1) is 0 Å². The second-order valence-corrected chi connectivity index (χ2v) is 3.23. The van der Waals surface area contributed by atoms with Gasteiger partial charge in [0.05, 0.1) is 6.10 Å². The molecule has 0 aromatic carbocycles. The molecule has 0 radical (unpaired) electrons. The molecule has 0 aromatic rings. The monoisotopic (exact) mass is 170 g/mol. The largest absolute Gasteiger partial charge is 0.377 e. The normalized spacial score (nSPS) is 14.0. The van der Waals surface area contributed by atoms with Gasteiger partial charge in [0.15, 0.2) is 0 Å². The minimum atomic E-state index is 0.157. The molecule has 0 aliphatic heterocycles. The summed E-state index contributed by atoms with van der Waals surface area (Å²) in [5.74, 6) is 0.621. The molecule has 0 aliphatic carbocycles. The van der Waals surface area contributed by atoms with Crippen LogP contribution in [0.5, 0.6) is 0 Å². The number of carbonyl (C=O) groups excluding carboxylic acids is 1. The first-order valence-electron chi connectivity index (χ1n) is 4.33. The van der Waals surface area contributed by atoms with E-state index < -0.39 is 0 Å². The van der Waals surface area contributed by atoms with Crippen molar-refractivity contribution in [1.29, 1.82) is 0 Å². The molecule has 0 heterocycles. The van der Waals surface area contributed by atoms with Crippen LogP contribution in [0.25, 0.3) is 0 Å². The number of ether oxygens (including phenoxy) is 1. The van der Waals surface area contributed by atoms with Crippen molar-refractivity contribution in [1.82, 2.24) is 0 Å². The topological polar surface area (TPSA) is 26.3 Å². The van der Waals surface area contributed by atoms with E-state index in [1.54, 1.807) is 7.11 Å². The maximum absolute atomic E-state index is 10.0. The Morgan fingerprint density at radius 3 is 2.50 bits per heavy atom. The zero-order valence-electron chi connectivity index (χ0n) is 8.12. The van der Waals surface area contributed by atoms with Gasteiger partial charge in [0.1, 0.15) is 6.29 Å². The predicted octanol–water partition coefficient (Wildman–Crippen LogP) is 2.19. The molecule has 2 heteroatoms. The molecule has 1 unspecified atom stereocenters. The number of aldehydes is 1. The molecule has 0 aliphatic rings. The van der Waals surface area contributed by atoms with Gasteiger partial charge in [0, 0.05) is 13.5 Å². The van der Waals surface area contributed by atoms with E-state index in [1.165, 1.54) is 0 Å². The maximum Gasteiger partial charge on any atom is 0.123 e. The fraction of sp³-hybridized carbons (Fsp3) is 0.700. The fourth-order valence-corrected chi connectivity index (χ4v) is 1.00. The Balaban J connectivity index is 3.73. The van der Waals surface area contributed by atoms with Gasteiger partial charge in [-0.05, 0) is 12.3 Å². The number of rotatable bonds is 6. The van der Waals surface area contributed by atoms with Crippen LogP contribution in [0.15, 0.2) is 12.2 Å². The Bertz CT molecular complexity index is 139. The molecule has 0 N–H and O–H groups in total. The average molecular weight is 170 g/mol. The maximum atomic E-state index is 10.0. The third-order valence-electron chi connectivity index (χ3n) is 1.59. The van der Waals surface area contributed by atoms with E-state index in [9.17, 15) is 4.79 Å². The molecule has 0 spiro atoms. The summed E-state index contributed by atoms with van der Waals surface area (Å²) in [5, 5.41) is 0. The van der Waals surface area contributed by atoms with Crippen molar-refractivity contribution >= 4 is 6.29 Å². The molecule has 0 rings (SSSR count). The molecule has 1 atom stereocenters. The number of methoxy groups -OCH3 is 1. The van der Waals surface area contributed by atoms with E-state index in [0.29, 0.717) is 12.3 Å². The molecule has 0 fully saturated rings. The van der Waals surface area contributed by atoms with Crippen molar-refractivity contribution in [2.24, 2.45) is 5.92 Å². The quantitative estimate of drug-likeness (QED) is 0.451. The van der Waals surface area contributed by atoms with Gasteiger partial charge in [-0.3, -0.25) is 0 Å². The summed E-state index contributed by atoms with van der Waals surface area (Å²) >= 11 is 0. The standard InChI is InChI=1S/C10H18O2/c1-9(2)8-10(12-3)6-4-5-7-11/h4,6-7,9-10H,5,8H2,1-3H3. The molecule has 12 heavy (non-hydrogen) atoms. The zero-order chi connectivity index (χ0) is 9.40. The predicted molar refractivity (Wildman–Crippen MR) is 50.1 cm³/mol. The highest BCUT2D eigenvalue weighted by molar-refractivity contribution is 5.51. The van der Waals surface area contributed by atoms with E-state index in [1.807, 2.05) is 12.2 Å². The molecule has 0 saturated heterocycles. The van der Waals surface area contributed by atoms with Gasteiger partial charge >= 0.3 is 0 Å². The van der Waals surface area contributed by atoms with Crippen LogP contribution >= 0.6 is 0 Å². The highest BCUT2D eigenvalue weighted by Gasteiger charge is 2.04. The summed E-state index contributed by atoms with van der Waals surface area (Å²) in [6.45, 7) is 4.30. The lowest BCUT2D eigenvalue weighted by Crippen LogP contribution is -2.10.